The number of esters is 1. The summed E-state index contributed by atoms with van der Waals surface area (Å²) >= 11 is 0. The Morgan fingerprint density at radius 2 is 1.90 bits per heavy atom. The number of ketones is 1. The molecule has 1 atom stereocenters. The molecule has 1 saturated heterocycles. The van der Waals surface area contributed by atoms with Gasteiger partial charge in [0.25, 0.3) is 5.91 Å². The largest absolute Gasteiger partial charge is 0.463 e. The van der Waals surface area contributed by atoms with Gasteiger partial charge in [-0.25, -0.2) is 9.59 Å². The molecule has 1 fully saturated rings. The zero-order chi connectivity index (χ0) is 21.5. The van der Waals surface area contributed by atoms with Gasteiger partial charge in [-0.15, -0.1) is 0 Å². The number of urea groups is 1. The fourth-order valence-electron chi connectivity index (χ4n) is 3.51. The second-order valence-corrected chi connectivity index (χ2v) is 7.13. The lowest BCUT2D eigenvalue weighted by Gasteiger charge is -2.19. The number of rotatable bonds is 6. The van der Waals surface area contributed by atoms with Crippen LogP contribution in [0.3, 0.4) is 0 Å². The molecule has 0 radical (unpaired) electrons. The molecular formula is C20H23N3O6. The molecule has 2 aromatic rings. The molecule has 3 heterocycles. The van der Waals surface area contributed by atoms with Crippen LogP contribution in [0.15, 0.2) is 16.5 Å². The summed E-state index contributed by atoms with van der Waals surface area (Å²) < 4.78 is 10.5. The van der Waals surface area contributed by atoms with Gasteiger partial charge >= 0.3 is 12.0 Å². The highest BCUT2D eigenvalue weighted by atomic mass is 16.5. The lowest BCUT2D eigenvalue weighted by Crippen LogP contribution is -2.41. The Morgan fingerprint density at radius 1 is 1.21 bits per heavy atom. The van der Waals surface area contributed by atoms with Gasteiger partial charge in [0.1, 0.15) is 17.2 Å². The monoisotopic (exact) mass is 401 g/mol. The number of amides is 3. The molecule has 3 rings (SSSR count). The molecule has 2 N–H and O–H groups in total. The quantitative estimate of drug-likeness (QED) is 0.435. The molecule has 3 amide bonds. The van der Waals surface area contributed by atoms with Gasteiger partial charge in [0.2, 0.25) is 0 Å². The van der Waals surface area contributed by atoms with Crippen LogP contribution in [0.5, 0.6) is 0 Å². The second-order valence-electron chi connectivity index (χ2n) is 7.13. The number of furan rings is 1. The van der Waals surface area contributed by atoms with Gasteiger partial charge < -0.3 is 19.5 Å². The third-order valence-corrected chi connectivity index (χ3v) is 5.01. The number of H-pyrrole nitrogens is 1. The number of hydrogen-bond acceptors (Lipinski definition) is 6. The minimum Gasteiger partial charge on any atom is -0.463 e. The number of carbonyl (C=O) groups excluding carboxylic acids is 4. The zero-order valence-corrected chi connectivity index (χ0v) is 17.0. The summed E-state index contributed by atoms with van der Waals surface area (Å²) in [5.74, 6) is -0.718. The van der Waals surface area contributed by atoms with E-state index in [-0.39, 0.29) is 17.9 Å². The van der Waals surface area contributed by atoms with Gasteiger partial charge in [0.05, 0.1) is 13.2 Å². The summed E-state index contributed by atoms with van der Waals surface area (Å²) in [6, 6.07) is 2.62. The van der Waals surface area contributed by atoms with Gasteiger partial charge in [-0.3, -0.25) is 14.5 Å². The first-order valence-electron chi connectivity index (χ1n) is 9.20. The van der Waals surface area contributed by atoms with Crippen molar-refractivity contribution in [2.45, 2.75) is 40.2 Å². The van der Waals surface area contributed by atoms with Crippen molar-refractivity contribution < 1.29 is 28.3 Å². The van der Waals surface area contributed by atoms with E-state index in [1.54, 1.807) is 39.8 Å². The Kier molecular flexibility index (Phi) is 5.08. The van der Waals surface area contributed by atoms with Crippen molar-refractivity contribution in [1.29, 1.82) is 0 Å². The van der Waals surface area contributed by atoms with E-state index in [0.717, 1.165) is 4.90 Å². The average Bonchev–Trinajstić information content (AvgIpc) is 3.27. The van der Waals surface area contributed by atoms with E-state index in [0.29, 0.717) is 22.8 Å². The summed E-state index contributed by atoms with van der Waals surface area (Å²) in [6.45, 7) is 7.95. The number of aryl methyl sites for hydroxylation is 2. The summed E-state index contributed by atoms with van der Waals surface area (Å²) in [7, 11) is 0. The number of nitrogens with one attached hydrogen (secondary N) is 2. The van der Waals surface area contributed by atoms with Gasteiger partial charge in [0, 0.05) is 11.3 Å². The van der Waals surface area contributed by atoms with Crippen LogP contribution < -0.4 is 5.32 Å². The van der Waals surface area contributed by atoms with Crippen LogP contribution in [0.1, 0.15) is 57.5 Å². The first-order chi connectivity index (χ1) is 13.6. The van der Waals surface area contributed by atoms with E-state index in [4.69, 9.17) is 9.15 Å². The zero-order valence-electron chi connectivity index (χ0n) is 17.0. The number of aromatic amines is 1. The third-order valence-electron chi connectivity index (χ3n) is 5.01. The Hall–Kier alpha value is -3.36. The maximum Gasteiger partial charge on any atom is 0.355 e. The van der Waals surface area contributed by atoms with Crippen molar-refractivity contribution in [3.8, 4) is 0 Å². The van der Waals surface area contributed by atoms with Crippen molar-refractivity contribution in [2.75, 3.05) is 13.2 Å². The number of ether oxygens (including phenoxy) is 1. The van der Waals surface area contributed by atoms with E-state index in [1.807, 2.05) is 0 Å². The molecule has 1 unspecified atom stereocenters. The molecule has 1 aliphatic rings. The summed E-state index contributed by atoms with van der Waals surface area (Å²) in [5.41, 5.74) is -0.0596. The maximum absolute atomic E-state index is 12.9. The van der Waals surface area contributed by atoms with E-state index >= 15 is 0 Å². The van der Waals surface area contributed by atoms with Crippen LogP contribution in [-0.2, 0) is 15.1 Å². The SMILES string of the molecule is CCOC(=O)c1[nH]c(C)c(C(=O)CN2C(=O)NC(C)(c3ccc(C)o3)C2=O)c1C. The van der Waals surface area contributed by atoms with Crippen molar-refractivity contribution in [3.05, 3.63) is 46.2 Å². The number of Topliss-reactive ketones (excluding diaryl/α,β-unsaturated/α-hetero) is 1. The first kappa shape index (κ1) is 20.4. The van der Waals surface area contributed by atoms with Crippen molar-refractivity contribution >= 4 is 23.7 Å². The summed E-state index contributed by atoms with van der Waals surface area (Å²) in [4.78, 5) is 54.0. The molecule has 2 aromatic heterocycles. The van der Waals surface area contributed by atoms with Crippen LogP contribution in [0.25, 0.3) is 0 Å². The predicted molar refractivity (Wildman–Crippen MR) is 102 cm³/mol. The topological polar surface area (TPSA) is 122 Å². The van der Waals surface area contributed by atoms with E-state index in [1.165, 1.54) is 6.92 Å². The molecule has 9 heteroatoms. The second kappa shape index (κ2) is 7.23. The van der Waals surface area contributed by atoms with Gasteiger partial charge in [-0.2, -0.15) is 0 Å². The van der Waals surface area contributed by atoms with Crippen LogP contribution >= 0.6 is 0 Å². The van der Waals surface area contributed by atoms with Gasteiger partial charge in [0.15, 0.2) is 11.3 Å². The molecule has 0 aromatic carbocycles. The van der Waals surface area contributed by atoms with Crippen molar-refractivity contribution in [1.82, 2.24) is 15.2 Å². The van der Waals surface area contributed by atoms with Crippen molar-refractivity contribution in [2.24, 2.45) is 0 Å². The normalized spacial score (nSPS) is 18.9. The molecule has 0 aliphatic carbocycles. The first-order valence-corrected chi connectivity index (χ1v) is 9.20. The predicted octanol–water partition coefficient (Wildman–Crippen LogP) is 2.36. The maximum atomic E-state index is 12.9. The molecule has 29 heavy (non-hydrogen) atoms. The smallest absolute Gasteiger partial charge is 0.355 e. The Bertz CT molecular complexity index is 1020. The van der Waals surface area contributed by atoms with E-state index in [2.05, 4.69) is 10.3 Å². The number of aromatic nitrogens is 1. The van der Waals surface area contributed by atoms with Crippen LogP contribution in [-0.4, -0.2) is 46.7 Å². The van der Waals surface area contributed by atoms with Gasteiger partial charge in [-0.05, 0) is 52.3 Å². The fraction of sp³-hybridized carbons (Fsp3) is 0.400. The standard InChI is InChI=1S/C20H23N3O6/c1-6-28-17(25)16-11(3)15(12(4)21-16)13(24)9-23-18(26)20(5,22-19(23)27)14-8-7-10(2)29-14/h7-8,21H,6,9H2,1-5H3,(H,22,27). The highest BCUT2D eigenvalue weighted by molar-refractivity contribution is 6.12. The minimum absolute atomic E-state index is 0.181. The molecule has 9 nitrogen and oxygen atoms in total. The Balaban J connectivity index is 1.85. The van der Waals surface area contributed by atoms with Crippen LogP contribution in [0.2, 0.25) is 0 Å². The fourth-order valence-corrected chi connectivity index (χ4v) is 3.51. The highest BCUT2D eigenvalue weighted by Gasteiger charge is 2.51. The molecule has 0 saturated carbocycles. The Labute approximate surface area is 167 Å². The van der Waals surface area contributed by atoms with Crippen molar-refractivity contribution in [3.63, 3.8) is 0 Å². The van der Waals surface area contributed by atoms with Crippen LogP contribution in [0.4, 0.5) is 4.79 Å². The number of nitrogens with zero attached hydrogens (tertiary/aromatic N) is 1. The van der Waals surface area contributed by atoms with Crippen LogP contribution in [0, 0.1) is 20.8 Å². The lowest BCUT2D eigenvalue weighted by atomic mass is 9.99. The Morgan fingerprint density at radius 3 is 2.48 bits per heavy atom. The van der Waals surface area contributed by atoms with E-state index in [9.17, 15) is 19.2 Å². The molecule has 0 bridgehead atoms. The van der Waals surface area contributed by atoms with E-state index < -0.39 is 35.8 Å². The number of imide groups is 1. The molecule has 154 valence electrons. The number of carbonyl (C=O) groups is 4. The average molecular weight is 401 g/mol. The lowest BCUT2D eigenvalue weighted by molar-refractivity contribution is -0.131. The highest BCUT2D eigenvalue weighted by Crippen LogP contribution is 2.30. The molecule has 1 aliphatic heterocycles. The summed E-state index contributed by atoms with van der Waals surface area (Å²) in [6.07, 6.45) is 0. The minimum atomic E-state index is -1.38. The molecular weight excluding hydrogens is 378 g/mol. The number of hydrogen-bond donors (Lipinski definition) is 2. The summed E-state index contributed by atoms with van der Waals surface area (Å²) in [5, 5.41) is 2.60. The van der Waals surface area contributed by atoms with Gasteiger partial charge in [-0.1, -0.05) is 0 Å². The molecule has 0 spiro atoms. The third kappa shape index (κ3) is 3.32.